The van der Waals surface area contributed by atoms with Gasteiger partial charge in [0.1, 0.15) is 16.8 Å². The summed E-state index contributed by atoms with van der Waals surface area (Å²) in [4.78, 5) is 9.96. The van der Waals surface area contributed by atoms with Gasteiger partial charge >= 0.3 is 0 Å². The van der Waals surface area contributed by atoms with Crippen LogP contribution in [0, 0.1) is 5.82 Å². The molecule has 2 aromatic rings. The van der Waals surface area contributed by atoms with E-state index in [9.17, 15) is 4.39 Å². The predicted molar refractivity (Wildman–Crippen MR) is 70.3 cm³/mol. The second-order valence-electron chi connectivity index (χ2n) is 4.01. The molecule has 0 aliphatic rings. The van der Waals surface area contributed by atoms with Gasteiger partial charge < -0.3 is 4.90 Å². The Hall–Kier alpha value is -1.68. The highest BCUT2D eigenvalue weighted by molar-refractivity contribution is 6.29. The molecular weight excluding hydrogens is 253 g/mol. The van der Waals surface area contributed by atoms with E-state index in [1.807, 2.05) is 24.9 Å². The SMILES string of the molecule is CC(c1ccccc1F)N(C)c1cncc(Cl)n1. The number of aromatic nitrogens is 2. The molecule has 2 rings (SSSR count). The summed E-state index contributed by atoms with van der Waals surface area (Å²) in [5, 5.41) is 0.320. The zero-order valence-corrected chi connectivity index (χ0v) is 10.9. The Morgan fingerprint density at radius 3 is 2.67 bits per heavy atom. The quantitative estimate of drug-likeness (QED) is 0.851. The number of hydrogen-bond acceptors (Lipinski definition) is 3. The van der Waals surface area contributed by atoms with Crippen LogP contribution in [0.25, 0.3) is 0 Å². The normalized spacial score (nSPS) is 12.2. The van der Waals surface area contributed by atoms with Crippen LogP contribution in [0.5, 0.6) is 0 Å². The summed E-state index contributed by atoms with van der Waals surface area (Å²) in [5.41, 5.74) is 0.613. The van der Waals surface area contributed by atoms with Crippen LogP contribution < -0.4 is 4.90 Å². The highest BCUT2D eigenvalue weighted by Crippen LogP contribution is 2.25. The lowest BCUT2D eigenvalue weighted by molar-refractivity contribution is 0.584. The molecule has 0 saturated heterocycles. The lowest BCUT2D eigenvalue weighted by Gasteiger charge is -2.26. The fourth-order valence-corrected chi connectivity index (χ4v) is 1.87. The van der Waals surface area contributed by atoms with Crippen LogP contribution >= 0.6 is 11.6 Å². The van der Waals surface area contributed by atoms with Gasteiger partial charge in [0.2, 0.25) is 0 Å². The first-order valence-electron chi connectivity index (χ1n) is 5.54. The van der Waals surface area contributed by atoms with E-state index in [1.54, 1.807) is 18.3 Å². The molecule has 1 heterocycles. The molecule has 0 saturated carbocycles. The Balaban J connectivity index is 2.29. The van der Waals surface area contributed by atoms with Crippen LogP contribution in [0.4, 0.5) is 10.2 Å². The van der Waals surface area contributed by atoms with Crippen LogP contribution in [-0.2, 0) is 0 Å². The van der Waals surface area contributed by atoms with Crippen molar-refractivity contribution in [2.24, 2.45) is 0 Å². The first kappa shape index (κ1) is 12.8. The number of hydrogen-bond donors (Lipinski definition) is 0. The van der Waals surface area contributed by atoms with Gasteiger partial charge in [-0.2, -0.15) is 0 Å². The van der Waals surface area contributed by atoms with E-state index in [-0.39, 0.29) is 11.9 Å². The standard InChI is InChI=1S/C13H13ClFN3/c1-9(10-5-3-4-6-11(10)15)18(2)13-8-16-7-12(14)17-13/h3-9H,1-2H3. The number of benzene rings is 1. The van der Waals surface area contributed by atoms with Crippen LogP contribution in [0.1, 0.15) is 18.5 Å². The average Bonchev–Trinajstić information content (AvgIpc) is 2.37. The highest BCUT2D eigenvalue weighted by atomic mass is 35.5. The van der Waals surface area contributed by atoms with Gasteiger partial charge in [0.15, 0.2) is 0 Å². The van der Waals surface area contributed by atoms with Gasteiger partial charge in [0.05, 0.1) is 18.4 Å². The zero-order chi connectivity index (χ0) is 13.1. The maximum absolute atomic E-state index is 13.7. The maximum atomic E-state index is 13.7. The third-order valence-corrected chi connectivity index (χ3v) is 3.07. The summed E-state index contributed by atoms with van der Waals surface area (Å²) < 4.78 is 13.7. The summed E-state index contributed by atoms with van der Waals surface area (Å²) in [6, 6.07) is 6.54. The topological polar surface area (TPSA) is 29.0 Å². The highest BCUT2D eigenvalue weighted by Gasteiger charge is 2.16. The van der Waals surface area contributed by atoms with Crippen molar-refractivity contribution < 1.29 is 4.39 Å². The smallest absolute Gasteiger partial charge is 0.149 e. The molecule has 0 fully saturated rings. The van der Waals surface area contributed by atoms with Crippen molar-refractivity contribution in [1.82, 2.24) is 9.97 Å². The molecule has 0 N–H and O–H groups in total. The van der Waals surface area contributed by atoms with E-state index >= 15 is 0 Å². The Kier molecular flexibility index (Phi) is 3.77. The zero-order valence-electron chi connectivity index (χ0n) is 10.1. The Morgan fingerprint density at radius 1 is 1.28 bits per heavy atom. The van der Waals surface area contributed by atoms with E-state index in [0.29, 0.717) is 16.5 Å². The first-order valence-corrected chi connectivity index (χ1v) is 5.92. The fourth-order valence-electron chi connectivity index (χ4n) is 1.72. The molecular formula is C13H13ClFN3. The monoisotopic (exact) mass is 265 g/mol. The van der Waals surface area contributed by atoms with Gasteiger partial charge in [-0.1, -0.05) is 29.8 Å². The summed E-state index contributed by atoms with van der Waals surface area (Å²) in [6.45, 7) is 1.90. The summed E-state index contributed by atoms with van der Waals surface area (Å²) in [5.74, 6) is 0.380. The molecule has 0 aliphatic carbocycles. The van der Waals surface area contributed by atoms with Crippen LogP contribution in [-0.4, -0.2) is 17.0 Å². The molecule has 1 atom stereocenters. The number of anilines is 1. The van der Waals surface area contributed by atoms with Crippen molar-refractivity contribution in [1.29, 1.82) is 0 Å². The maximum Gasteiger partial charge on any atom is 0.149 e. The minimum atomic E-state index is -0.230. The molecule has 0 aliphatic heterocycles. The van der Waals surface area contributed by atoms with Crippen molar-refractivity contribution in [3.05, 3.63) is 53.2 Å². The van der Waals surface area contributed by atoms with E-state index < -0.39 is 0 Å². The van der Waals surface area contributed by atoms with E-state index in [1.165, 1.54) is 12.3 Å². The van der Waals surface area contributed by atoms with E-state index in [4.69, 9.17) is 11.6 Å². The summed E-state index contributed by atoms with van der Waals surface area (Å²) in [6.07, 6.45) is 3.07. The minimum absolute atomic E-state index is 0.154. The van der Waals surface area contributed by atoms with Gasteiger partial charge in [-0.25, -0.2) is 9.37 Å². The van der Waals surface area contributed by atoms with Crippen molar-refractivity contribution in [2.45, 2.75) is 13.0 Å². The Bertz CT molecular complexity index is 547. The molecule has 5 heteroatoms. The minimum Gasteiger partial charge on any atom is -0.351 e. The molecule has 0 amide bonds. The average molecular weight is 266 g/mol. The second-order valence-corrected chi connectivity index (χ2v) is 4.40. The molecule has 18 heavy (non-hydrogen) atoms. The fraction of sp³-hybridized carbons (Fsp3) is 0.231. The Morgan fingerprint density at radius 2 is 2.00 bits per heavy atom. The predicted octanol–water partition coefficient (Wildman–Crippen LogP) is 3.47. The number of halogens is 2. The molecule has 0 bridgehead atoms. The second kappa shape index (κ2) is 5.31. The molecule has 1 unspecified atom stereocenters. The van der Waals surface area contributed by atoms with Gasteiger partial charge in [-0.15, -0.1) is 0 Å². The van der Waals surface area contributed by atoms with Crippen LogP contribution in [0.15, 0.2) is 36.7 Å². The lowest BCUT2D eigenvalue weighted by atomic mass is 10.1. The first-order chi connectivity index (χ1) is 8.59. The summed E-state index contributed by atoms with van der Waals surface area (Å²) in [7, 11) is 1.83. The largest absolute Gasteiger partial charge is 0.351 e. The van der Waals surface area contributed by atoms with E-state index in [2.05, 4.69) is 9.97 Å². The van der Waals surface area contributed by atoms with Gasteiger partial charge in [-0.05, 0) is 13.0 Å². The number of nitrogens with zero attached hydrogens (tertiary/aromatic N) is 3. The molecule has 1 aromatic heterocycles. The van der Waals surface area contributed by atoms with Gasteiger partial charge in [-0.3, -0.25) is 4.98 Å². The van der Waals surface area contributed by atoms with E-state index in [0.717, 1.165) is 0 Å². The van der Waals surface area contributed by atoms with Crippen molar-refractivity contribution in [2.75, 3.05) is 11.9 Å². The van der Waals surface area contributed by atoms with Crippen molar-refractivity contribution in [3.63, 3.8) is 0 Å². The number of rotatable bonds is 3. The third kappa shape index (κ3) is 2.59. The lowest BCUT2D eigenvalue weighted by Crippen LogP contribution is -2.23. The molecule has 0 radical (unpaired) electrons. The molecule has 1 aromatic carbocycles. The van der Waals surface area contributed by atoms with Gasteiger partial charge in [0.25, 0.3) is 0 Å². The van der Waals surface area contributed by atoms with Crippen LogP contribution in [0.2, 0.25) is 5.15 Å². The third-order valence-electron chi connectivity index (χ3n) is 2.89. The summed E-state index contributed by atoms with van der Waals surface area (Å²) >= 11 is 5.80. The van der Waals surface area contributed by atoms with Gasteiger partial charge in [0, 0.05) is 12.6 Å². The molecule has 3 nitrogen and oxygen atoms in total. The Labute approximate surface area is 110 Å². The van der Waals surface area contributed by atoms with Crippen LogP contribution in [0.3, 0.4) is 0 Å². The molecule has 0 spiro atoms. The molecule has 94 valence electrons. The van der Waals surface area contributed by atoms with Crippen molar-refractivity contribution >= 4 is 17.4 Å². The van der Waals surface area contributed by atoms with Crippen molar-refractivity contribution in [3.8, 4) is 0 Å².